The van der Waals surface area contributed by atoms with E-state index in [0.717, 1.165) is 23.4 Å². The smallest absolute Gasteiger partial charge is 0.171 e. The number of nitrogens with one attached hydrogen (secondary N) is 1. The Morgan fingerprint density at radius 2 is 2.06 bits per heavy atom. The zero-order valence-corrected chi connectivity index (χ0v) is 11.4. The molecule has 2 rings (SSSR count). The van der Waals surface area contributed by atoms with Crippen LogP contribution in [0.1, 0.15) is 30.5 Å². The molecule has 0 amide bonds. The van der Waals surface area contributed by atoms with Gasteiger partial charge < -0.3 is 9.84 Å². The molecule has 0 aliphatic carbocycles. The first-order chi connectivity index (χ1) is 8.58. The molecule has 0 saturated heterocycles. The van der Waals surface area contributed by atoms with Crippen LogP contribution in [0.2, 0.25) is 0 Å². The van der Waals surface area contributed by atoms with Crippen LogP contribution in [0.3, 0.4) is 0 Å². The number of rotatable bonds is 4. The topological polar surface area (TPSA) is 38.1 Å². The fourth-order valence-electron chi connectivity index (χ4n) is 1.90. The normalized spacial score (nSPS) is 11.2. The van der Waals surface area contributed by atoms with Crippen molar-refractivity contribution in [2.45, 2.75) is 40.3 Å². The van der Waals surface area contributed by atoms with Crippen LogP contribution in [-0.4, -0.2) is 11.2 Å². The van der Waals surface area contributed by atoms with Gasteiger partial charge in [0.1, 0.15) is 0 Å². The van der Waals surface area contributed by atoms with Gasteiger partial charge in [0.05, 0.1) is 6.20 Å². The van der Waals surface area contributed by atoms with Crippen LogP contribution in [0.15, 0.2) is 28.9 Å². The molecule has 0 saturated carbocycles. The van der Waals surface area contributed by atoms with E-state index in [-0.39, 0.29) is 0 Å². The Morgan fingerprint density at radius 3 is 2.78 bits per heavy atom. The number of hydrogen-bond acceptors (Lipinski definition) is 3. The van der Waals surface area contributed by atoms with Crippen molar-refractivity contribution in [2.24, 2.45) is 0 Å². The average Bonchev–Trinajstić information content (AvgIpc) is 2.77. The molecule has 1 N–H and O–H groups in total. The Labute approximate surface area is 108 Å². The molecular weight excluding hydrogens is 224 g/mol. The van der Waals surface area contributed by atoms with Crippen LogP contribution in [0, 0.1) is 13.8 Å². The summed E-state index contributed by atoms with van der Waals surface area (Å²) in [6, 6.07) is 6.83. The fraction of sp³-hybridized carbons (Fsp3) is 0.400. The lowest BCUT2D eigenvalue weighted by Gasteiger charge is -2.09. The minimum absolute atomic E-state index is 0.450. The zero-order valence-electron chi connectivity index (χ0n) is 11.4. The van der Waals surface area contributed by atoms with Crippen molar-refractivity contribution in [1.29, 1.82) is 0 Å². The van der Waals surface area contributed by atoms with Crippen LogP contribution in [-0.2, 0) is 6.54 Å². The summed E-state index contributed by atoms with van der Waals surface area (Å²) in [5, 5.41) is 7.32. The predicted octanol–water partition coefficient (Wildman–Crippen LogP) is 3.46. The van der Waals surface area contributed by atoms with E-state index < -0.39 is 0 Å². The van der Waals surface area contributed by atoms with Crippen LogP contribution < -0.4 is 5.32 Å². The molecule has 1 aromatic heterocycles. The second kappa shape index (κ2) is 5.36. The minimum Gasteiger partial charge on any atom is -0.356 e. The van der Waals surface area contributed by atoms with Gasteiger partial charge in [0.25, 0.3) is 0 Å². The van der Waals surface area contributed by atoms with Gasteiger partial charge in [0.2, 0.25) is 0 Å². The lowest BCUT2D eigenvalue weighted by atomic mass is 10.0. The molecule has 0 atom stereocenters. The van der Waals surface area contributed by atoms with E-state index in [1.165, 1.54) is 11.1 Å². The SMILES string of the molecule is Cc1ccc(C)c(-c2oncc2CNC(C)C)c1. The summed E-state index contributed by atoms with van der Waals surface area (Å²) in [7, 11) is 0. The Morgan fingerprint density at radius 1 is 1.28 bits per heavy atom. The molecule has 3 nitrogen and oxygen atoms in total. The van der Waals surface area contributed by atoms with Gasteiger partial charge in [0.15, 0.2) is 5.76 Å². The molecule has 1 heterocycles. The third-order valence-corrected chi connectivity index (χ3v) is 2.98. The molecule has 2 aromatic rings. The predicted molar refractivity (Wildman–Crippen MR) is 73.4 cm³/mol. The highest BCUT2D eigenvalue weighted by atomic mass is 16.5. The van der Waals surface area contributed by atoms with Crippen molar-refractivity contribution < 1.29 is 4.52 Å². The number of aryl methyl sites for hydroxylation is 2. The van der Waals surface area contributed by atoms with Crippen LogP contribution in [0.25, 0.3) is 11.3 Å². The third kappa shape index (κ3) is 2.79. The van der Waals surface area contributed by atoms with E-state index in [1.807, 2.05) is 0 Å². The summed E-state index contributed by atoms with van der Waals surface area (Å²) < 4.78 is 5.43. The van der Waals surface area contributed by atoms with Crippen LogP contribution in [0.5, 0.6) is 0 Å². The van der Waals surface area contributed by atoms with Crippen molar-refractivity contribution in [3.8, 4) is 11.3 Å². The quantitative estimate of drug-likeness (QED) is 0.895. The maximum absolute atomic E-state index is 5.43. The van der Waals surface area contributed by atoms with Crippen molar-refractivity contribution >= 4 is 0 Å². The second-order valence-corrected chi connectivity index (χ2v) is 5.03. The first-order valence-corrected chi connectivity index (χ1v) is 6.32. The van der Waals surface area contributed by atoms with Gasteiger partial charge in [0, 0.05) is 23.7 Å². The Hall–Kier alpha value is -1.61. The van der Waals surface area contributed by atoms with Gasteiger partial charge in [-0.25, -0.2) is 0 Å². The summed E-state index contributed by atoms with van der Waals surface area (Å²) in [6.07, 6.45) is 1.80. The molecule has 0 unspecified atom stereocenters. The Bertz CT molecular complexity index is 529. The van der Waals surface area contributed by atoms with E-state index in [1.54, 1.807) is 6.20 Å². The molecule has 3 heteroatoms. The molecule has 0 radical (unpaired) electrons. The molecule has 96 valence electrons. The van der Waals surface area contributed by atoms with Crippen LogP contribution in [0.4, 0.5) is 0 Å². The third-order valence-electron chi connectivity index (χ3n) is 2.98. The molecule has 0 aliphatic rings. The molecule has 1 aromatic carbocycles. The van der Waals surface area contributed by atoms with Gasteiger partial charge in [-0.2, -0.15) is 0 Å². The number of hydrogen-bond donors (Lipinski definition) is 1. The molecule has 0 aliphatic heterocycles. The Balaban J connectivity index is 2.33. The van der Waals surface area contributed by atoms with Crippen molar-refractivity contribution in [3.05, 3.63) is 41.1 Å². The fourth-order valence-corrected chi connectivity index (χ4v) is 1.90. The van der Waals surface area contributed by atoms with Crippen molar-refractivity contribution in [2.75, 3.05) is 0 Å². The summed E-state index contributed by atoms with van der Waals surface area (Å²) in [6.45, 7) is 9.22. The van der Waals surface area contributed by atoms with Crippen molar-refractivity contribution in [3.63, 3.8) is 0 Å². The van der Waals surface area contributed by atoms with Gasteiger partial charge >= 0.3 is 0 Å². The number of aromatic nitrogens is 1. The highest BCUT2D eigenvalue weighted by Crippen LogP contribution is 2.27. The lowest BCUT2D eigenvalue weighted by Crippen LogP contribution is -2.21. The monoisotopic (exact) mass is 244 g/mol. The summed E-state index contributed by atoms with van der Waals surface area (Å²) in [4.78, 5) is 0. The Kier molecular flexibility index (Phi) is 3.82. The van der Waals surface area contributed by atoms with Crippen molar-refractivity contribution in [1.82, 2.24) is 10.5 Å². The maximum Gasteiger partial charge on any atom is 0.171 e. The molecular formula is C15H20N2O. The van der Waals surface area contributed by atoms with E-state index in [0.29, 0.717) is 6.04 Å². The van der Waals surface area contributed by atoms with Gasteiger partial charge in [-0.3, -0.25) is 0 Å². The first kappa shape index (κ1) is 12.8. The summed E-state index contributed by atoms with van der Waals surface area (Å²) in [5.74, 6) is 0.879. The standard InChI is InChI=1S/C15H20N2O/c1-10(2)16-8-13-9-17-18-15(13)14-7-11(3)5-6-12(14)4/h5-7,9-10,16H,8H2,1-4H3. The largest absolute Gasteiger partial charge is 0.356 e. The maximum atomic E-state index is 5.43. The first-order valence-electron chi connectivity index (χ1n) is 6.32. The van der Waals surface area contributed by atoms with Gasteiger partial charge in [-0.15, -0.1) is 0 Å². The number of benzene rings is 1. The molecule has 0 bridgehead atoms. The molecule has 0 spiro atoms. The summed E-state index contributed by atoms with van der Waals surface area (Å²) >= 11 is 0. The highest BCUT2D eigenvalue weighted by molar-refractivity contribution is 5.65. The van der Waals surface area contributed by atoms with Crippen LogP contribution >= 0.6 is 0 Å². The van der Waals surface area contributed by atoms with E-state index in [9.17, 15) is 0 Å². The van der Waals surface area contributed by atoms with E-state index in [2.05, 4.69) is 56.4 Å². The molecule has 18 heavy (non-hydrogen) atoms. The van der Waals surface area contributed by atoms with Gasteiger partial charge in [-0.1, -0.05) is 36.7 Å². The highest BCUT2D eigenvalue weighted by Gasteiger charge is 2.13. The van der Waals surface area contributed by atoms with Gasteiger partial charge in [-0.05, 0) is 25.5 Å². The number of nitrogens with zero attached hydrogens (tertiary/aromatic N) is 1. The molecule has 0 fully saturated rings. The van der Waals surface area contributed by atoms with E-state index in [4.69, 9.17) is 4.52 Å². The lowest BCUT2D eigenvalue weighted by molar-refractivity contribution is 0.431. The summed E-state index contributed by atoms with van der Waals surface area (Å²) in [5.41, 5.74) is 4.68. The average molecular weight is 244 g/mol. The van der Waals surface area contributed by atoms with E-state index >= 15 is 0 Å². The zero-order chi connectivity index (χ0) is 13.1. The second-order valence-electron chi connectivity index (χ2n) is 5.03. The minimum atomic E-state index is 0.450.